The smallest absolute Gasteiger partial charge is 0.203 e. The lowest BCUT2D eigenvalue weighted by atomic mass is 9.91. The van der Waals surface area contributed by atoms with Gasteiger partial charge in [0.2, 0.25) is 7.37 Å². The number of benzene rings is 1. The van der Waals surface area contributed by atoms with Crippen LogP contribution in [0.1, 0.15) is 37.7 Å². The van der Waals surface area contributed by atoms with Gasteiger partial charge in [0.15, 0.2) is 0 Å². The Bertz CT molecular complexity index is 521. The molecular weight excluding hydrogens is 368 g/mol. The maximum absolute atomic E-state index is 12.3. The second-order valence-corrected chi connectivity index (χ2v) is 9.49. The summed E-state index contributed by atoms with van der Waals surface area (Å²) in [5.41, 5.74) is 1.07. The third-order valence-corrected chi connectivity index (χ3v) is 6.72. The molecule has 1 aromatic rings. The highest BCUT2D eigenvalue weighted by Gasteiger charge is 2.27. The fourth-order valence-corrected chi connectivity index (χ4v) is 5.46. The zero-order valence-corrected chi connectivity index (χ0v) is 16.3. The predicted octanol–water partition coefficient (Wildman–Crippen LogP) is 4.06. The van der Waals surface area contributed by atoms with Gasteiger partial charge in [-0.3, -0.25) is 4.57 Å². The molecule has 0 radical (unpaired) electrons. The van der Waals surface area contributed by atoms with Crippen LogP contribution in [0, 0.1) is 5.92 Å². The fourth-order valence-electron chi connectivity index (χ4n) is 3.23. The van der Waals surface area contributed by atoms with Crippen LogP contribution in [0.4, 0.5) is 0 Å². The van der Waals surface area contributed by atoms with Crippen LogP contribution in [0.5, 0.6) is 0 Å². The van der Waals surface area contributed by atoms with E-state index in [0.29, 0.717) is 30.2 Å². The van der Waals surface area contributed by atoms with Crippen molar-refractivity contribution in [3.05, 3.63) is 34.9 Å². The molecule has 1 unspecified atom stereocenters. The zero-order valence-electron chi connectivity index (χ0n) is 13.9. The second-order valence-electron chi connectivity index (χ2n) is 6.63. The highest BCUT2D eigenvalue weighted by molar-refractivity contribution is 7.58. The van der Waals surface area contributed by atoms with Crippen molar-refractivity contribution in [3.8, 4) is 0 Å². The molecule has 0 spiro atoms. The van der Waals surface area contributed by atoms with Gasteiger partial charge in [-0.15, -0.1) is 12.4 Å². The van der Waals surface area contributed by atoms with Gasteiger partial charge in [-0.1, -0.05) is 43.0 Å². The van der Waals surface area contributed by atoms with Crippen molar-refractivity contribution in [3.63, 3.8) is 0 Å². The number of aliphatic hydroxyl groups excluding tert-OH is 1. The maximum Gasteiger partial charge on any atom is 0.203 e. The molecule has 138 valence electrons. The van der Waals surface area contributed by atoms with Gasteiger partial charge in [-0.25, -0.2) is 0 Å². The largest absolute Gasteiger partial charge is 0.391 e. The van der Waals surface area contributed by atoms with E-state index in [9.17, 15) is 14.6 Å². The van der Waals surface area contributed by atoms with Crippen molar-refractivity contribution in [2.75, 3.05) is 18.9 Å². The van der Waals surface area contributed by atoms with Crippen molar-refractivity contribution in [1.82, 2.24) is 5.32 Å². The lowest BCUT2D eigenvalue weighted by Crippen LogP contribution is -2.30. The first kappa shape index (κ1) is 22.0. The minimum Gasteiger partial charge on any atom is -0.391 e. The standard InChI is InChI=1S/C17H27ClNO3P.ClH/c18-16-8-6-14(7-9-16)10-19-11-17(20)13-23(21,22)12-15-4-2-1-3-5-15;/h6-9,15,17,19-20H,1-5,10-13H2,(H,21,22);1H/t17-;/m0./s1. The Balaban J connectivity index is 0.00000288. The van der Waals surface area contributed by atoms with Crippen LogP contribution < -0.4 is 5.32 Å². The third kappa shape index (κ3) is 8.33. The van der Waals surface area contributed by atoms with Crippen molar-refractivity contribution in [2.24, 2.45) is 5.92 Å². The van der Waals surface area contributed by atoms with Gasteiger partial charge in [0.05, 0.1) is 12.3 Å². The zero-order chi connectivity index (χ0) is 16.7. The number of hydrogen-bond acceptors (Lipinski definition) is 3. The molecule has 1 fully saturated rings. The van der Waals surface area contributed by atoms with Crippen molar-refractivity contribution in [1.29, 1.82) is 0 Å². The van der Waals surface area contributed by atoms with Crippen molar-refractivity contribution in [2.45, 2.75) is 44.8 Å². The van der Waals surface area contributed by atoms with E-state index in [1.165, 1.54) is 6.42 Å². The van der Waals surface area contributed by atoms with E-state index in [1.54, 1.807) is 0 Å². The van der Waals surface area contributed by atoms with Crippen LogP contribution in [0.3, 0.4) is 0 Å². The highest BCUT2D eigenvalue weighted by atomic mass is 35.5. The molecule has 0 heterocycles. The molecule has 1 aliphatic rings. The average molecular weight is 396 g/mol. The SMILES string of the molecule is Cl.O=P(O)(CC1CCCCC1)C[C@@H](O)CNCc1ccc(Cl)cc1. The van der Waals surface area contributed by atoms with E-state index in [4.69, 9.17) is 11.6 Å². The molecule has 24 heavy (non-hydrogen) atoms. The van der Waals surface area contributed by atoms with E-state index in [1.807, 2.05) is 24.3 Å². The quantitative estimate of drug-likeness (QED) is 0.580. The van der Waals surface area contributed by atoms with Crippen molar-refractivity contribution < 1.29 is 14.6 Å². The Labute approximate surface area is 155 Å². The van der Waals surface area contributed by atoms with E-state index in [-0.39, 0.29) is 18.6 Å². The molecule has 2 atom stereocenters. The molecule has 3 N–H and O–H groups in total. The molecule has 4 nitrogen and oxygen atoms in total. The highest BCUT2D eigenvalue weighted by Crippen LogP contribution is 2.45. The number of hydrogen-bond donors (Lipinski definition) is 3. The Morgan fingerprint density at radius 1 is 1.21 bits per heavy atom. The number of halogens is 2. The molecule has 0 aromatic heterocycles. The van der Waals surface area contributed by atoms with Crippen LogP contribution in [0.2, 0.25) is 5.02 Å². The van der Waals surface area contributed by atoms with E-state index in [0.717, 1.165) is 31.2 Å². The lowest BCUT2D eigenvalue weighted by molar-refractivity contribution is 0.189. The predicted molar refractivity (Wildman–Crippen MR) is 103 cm³/mol. The normalized spacial score (nSPS) is 19.3. The van der Waals surface area contributed by atoms with Gasteiger partial charge >= 0.3 is 0 Å². The minimum absolute atomic E-state index is 0. The minimum atomic E-state index is -3.24. The Morgan fingerprint density at radius 3 is 2.46 bits per heavy atom. The Kier molecular flexibility index (Phi) is 9.88. The van der Waals surface area contributed by atoms with Crippen molar-refractivity contribution >= 4 is 31.4 Å². The van der Waals surface area contributed by atoms with E-state index < -0.39 is 13.5 Å². The van der Waals surface area contributed by atoms with E-state index >= 15 is 0 Å². The summed E-state index contributed by atoms with van der Waals surface area (Å²) in [5, 5.41) is 13.8. The van der Waals surface area contributed by atoms with E-state index in [2.05, 4.69) is 5.32 Å². The van der Waals surface area contributed by atoms with Gasteiger partial charge < -0.3 is 15.3 Å². The molecule has 1 aromatic carbocycles. The molecule has 1 aliphatic carbocycles. The summed E-state index contributed by atoms with van der Waals surface area (Å²) in [5.74, 6) is 0.355. The van der Waals surface area contributed by atoms with Gasteiger partial charge in [-0.2, -0.15) is 0 Å². The average Bonchev–Trinajstić information content (AvgIpc) is 2.49. The molecule has 0 amide bonds. The van der Waals surface area contributed by atoms with Gasteiger partial charge in [0, 0.05) is 24.3 Å². The van der Waals surface area contributed by atoms with Gasteiger partial charge in [0.1, 0.15) is 0 Å². The molecule has 0 saturated heterocycles. The lowest BCUT2D eigenvalue weighted by Gasteiger charge is -2.25. The summed E-state index contributed by atoms with van der Waals surface area (Å²) < 4.78 is 12.3. The summed E-state index contributed by atoms with van der Waals surface area (Å²) in [6.45, 7) is 0.921. The first-order chi connectivity index (χ1) is 10.9. The first-order valence-electron chi connectivity index (χ1n) is 8.39. The summed E-state index contributed by atoms with van der Waals surface area (Å²) in [6, 6.07) is 7.48. The monoisotopic (exact) mass is 395 g/mol. The van der Waals surface area contributed by atoms with Gasteiger partial charge in [0.25, 0.3) is 0 Å². The second kappa shape index (κ2) is 10.8. The van der Waals surface area contributed by atoms with Crippen LogP contribution in [0.15, 0.2) is 24.3 Å². The molecule has 2 rings (SSSR count). The van der Waals surface area contributed by atoms with Crippen LogP contribution in [-0.2, 0) is 11.1 Å². The molecule has 0 aliphatic heterocycles. The van der Waals surface area contributed by atoms with Crippen LogP contribution in [0.25, 0.3) is 0 Å². The summed E-state index contributed by atoms with van der Waals surface area (Å²) in [4.78, 5) is 10.1. The Morgan fingerprint density at radius 2 is 1.83 bits per heavy atom. The maximum atomic E-state index is 12.3. The number of aliphatic hydroxyl groups is 1. The summed E-state index contributed by atoms with van der Waals surface area (Å²) in [7, 11) is -3.24. The molecule has 0 bridgehead atoms. The topological polar surface area (TPSA) is 69.6 Å². The van der Waals surface area contributed by atoms with Crippen LogP contribution >= 0.6 is 31.4 Å². The molecule has 1 saturated carbocycles. The summed E-state index contributed by atoms with van der Waals surface area (Å²) in [6.07, 6.45) is 5.22. The third-order valence-electron chi connectivity index (χ3n) is 4.39. The number of rotatable bonds is 8. The first-order valence-corrected chi connectivity index (χ1v) is 10.8. The summed E-state index contributed by atoms with van der Waals surface area (Å²) >= 11 is 5.83. The number of nitrogens with one attached hydrogen (secondary N) is 1. The van der Waals surface area contributed by atoms with Gasteiger partial charge in [-0.05, 0) is 36.5 Å². The molecular formula is C17H28Cl2NO3P. The molecule has 7 heteroatoms. The fraction of sp³-hybridized carbons (Fsp3) is 0.647. The Hall–Kier alpha value is -0.0900. The van der Waals surface area contributed by atoms with Crippen LogP contribution in [-0.4, -0.2) is 35.0 Å².